The van der Waals surface area contributed by atoms with Gasteiger partial charge in [0.2, 0.25) is 0 Å². The normalized spacial score (nSPS) is 14.1. The number of rotatable bonds is 5. The Kier molecular flexibility index (Phi) is 5.99. The SMILES string of the molecule is COc1ccc(-n2nc(C)cc2C(=O)N2CCN(c3ccccc3SC)CC2)cc1. The first-order valence-corrected chi connectivity index (χ1v) is 11.2. The van der Waals surface area contributed by atoms with E-state index >= 15 is 0 Å². The predicted molar refractivity (Wildman–Crippen MR) is 121 cm³/mol. The van der Waals surface area contributed by atoms with Crippen molar-refractivity contribution in [2.24, 2.45) is 0 Å². The molecule has 2 aromatic carbocycles. The second kappa shape index (κ2) is 8.83. The number of para-hydroxylation sites is 1. The van der Waals surface area contributed by atoms with Crippen LogP contribution < -0.4 is 9.64 Å². The molecule has 3 aromatic rings. The lowest BCUT2D eigenvalue weighted by Crippen LogP contribution is -2.49. The van der Waals surface area contributed by atoms with Crippen LogP contribution in [-0.2, 0) is 0 Å². The summed E-state index contributed by atoms with van der Waals surface area (Å²) >= 11 is 1.76. The lowest BCUT2D eigenvalue weighted by Gasteiger charge is -2.36. The molecular formula is C23H26N4O2S. The Morgan fingerprint density at radius 3 is 2.40 bits per heavy atom. The van der Waals surface area contributed by atoms with E-state index in [0.717, 1.165) is 30.2 Å². The summed E-state index contributed by atoms with van der Waals surface area (Å²) in [5, 5.41) is 4.55. The first-order valence-electron chi connectivity index (χ1n) is 9.99. The Morgan fingerprint density at radius 1 is 1.03 bits per heavy atom. The number of amides is 1. The molecule has 0 bridgehead atoms. The minimum absolute atomic E-state index is 0.0178. The fourth-order valence-corrected chi connectivity index (χ4v) is 4.40. The highest BCUT2D eigenvalue weighted by Gasteiger charge is 2.26. The summed E-state index contributed by atoms with van der Waals surface area (Å²) in [6, 6.07) is 17.9. The van der Waals surface area contributed by atoms with Crippen molar-refractivity contribution in [3.8, 4) is 11.4 Å². The van der Waals surface area contributed by atoms with E-state index in [4.69, 9.17) is 4.74 Å². The molecule has 4 rings (SSSR count). The van der Waals surface area contributed by atoms with E-state index in [-0.39, 0.29) is 5.91 Å². The van der Waals surface area contributed by atoms with Crippen LogP contribution in [0.15, 0.2) is 59.5 Å². The molecule has 0 N–H and O–H groups in total. The first-order chi connectivity index (χ1) is 14.6. The molecule has 0 spiro atoms. The predicted octanol–water partition coefficient (Wildman–Crippen LogP) is 3.87. The maximum atomic E-state index is 13.3. The van der Waals surface area contributed by atoms with Crippen LogP contribution in [0.3, 0.4) is 0 Å². The van der Waals surface area contributed by atoms with Gasteiger partial charge < -0.3 is 14.5 Å². The third-order valence-corrected chi connectivity index (χ3v) is 6.15. The summed E-state index contributed by atoms with van der Waals surface area (Å²) in [6.45, 7) is 4.93. The summed E-state index contributed by atoms with van der Waals surface area (Å²) < 4.78 is 6.96. The quantitative estimate of drug-likeness (QED) is 0.584. The van der Waals surface area contributed by atoms with Gasteiger partial charge >= 0.3 is 0 Å². The Hall–Kier alpha value is -2.93. The fourth-order valence-electron chi connectivity index (χ4n) is 3.78. The zero-order valence-corrected chi connectivity index (χ0v) is 18.4. The van der Waals surface area contributed by atoms with Gasteiger partial charge in [-0.25, -0.2) is 4.68 Å². The zero-order chi connectivity index (χ0) is 21.1. The number of benzene rings is 2. The largest absolute Gasteiger partial charge is 0.497 e. The summed E-state index contributed by atoms with van der Waals surface area (Å²) in [5.74, 6) is 0.793. The molecule has 0 radical (unpaired) electrons. The first kappa shape index (κ1) is 20.3. The molecular weight excluding hydrogens is 396 g/mol. The number of nitrogens with zero attached hydrogens (tertiary/aromatic N) is 4. The summed E-state index contributed by atoms with van der Waals surface area (Å²) in [4.78, 5) is 18.9. The van der Waals surface area contributed by atoms with Crippen molar-refractivity contribution in [3.05, 3.63) is 66.0 Å². The molecule has 2 heterocycles. The number of carbonyl (C=O) groups is 1. The standard InChI is InChI=1S/C23H26N4O2S/c1-17-16-21(27(24-17)18-8-10-19(29-2)11-9-18)23(28)26-14-12-25(13-15-26)20-6-4-5-7-22(20)30-3/h4-11,16H,12-15H2,1-3H3. The molecule has 0 atom stereocenters. The lowest BCUT2D eigenvalue weighted by molar-refractivity contribution is 0.0737. The van der Waals surface area contributed by atoms with Crippen LogP contribution in [0.5, 0.6) is 5.75 Å². The van der Waals surface area contributed by atoms with Gasteiger partial charge in [-0.3, -0.25) is 4.79 Å². The molecule has 1 aromatic heterocycles. The topological polar surface area (TPSA) is 50.6 Å². The van der Waals surface area contributed by atoms with E-state index in [1.807, 2.05) is 42.2 Å². The van der Waals surface area contributed by atoms with Gasteiger partial charge in [-0.05, 0) is 55.6 Å². The molecule has 30 heavy (non-hydrogen) atoms. The Labute approximate surface area is 181 Å². The number of hydrogen-bond donors (Lipinski definition) is 0. The van der Waals surface area contributed by atoms with E-state index in [2.05, 4.69) is 40.5 Å². The molecule has 0 unspecified atom stereocenters. The Morgan fingerprint density at radius 2 is 1.73 bits per heavy atom. The van der Waals surface area contributed by atoms with Crippen LogP contribution in [0, 0.1) is 6.92 Å². The van der Waals surface area contributed by atoms with E-state index in [9.17, 15) is 4.79 Å². The van der Waals surface area contributed by atoms with Crippen molar-refractivity contribution in [2.45, 2.75) is 11.8 Å². The Balaban J connectivity index is 1.51. The van der Waals surface area contributed by atoms with E-state index in [1.165, 1.54) is 10.6 Å². The van der Waals surface area contributed by atoms with Crippen LogP contribution >= 0.6 is 11.8 Å². The van der Waals surface area contributed by atoms with Crippen LogP contribution in [0.4, 0.5) is 5.69 Å². The van der Waals surface area contributed by atoms with Gasteiger partial charge in [0.05, 0.1) is 24.2 Å². The zero-order valence-electron chi connectivity index (χ0n) is 17.5. The van der Waals surface area contributed by atoms with Crippen LogP contribution in [0.1, 0.15) is 16.2 Å². The van der Waals surface area contributed by atoms with Gasteiger partial charge in [0.15, 0.2) is 0 Å². The van der Waals surface area contributed by atoms with Crippen LogP contribution in [0.2, 0.25) is 0 Å². The highest BCUT2D eigenvalue weighted by molar-refractivity contribution is 7.98. The minimum atomic E-state index is 0.0178. The number of hydrogen-bond acceptors (Lipinski definition) is 5. The molecule has 1 amide bonds. The average Bonchev–Trinajstić information content (AvgIpc) is 3.20. The van der Waals surface area contributed by atoms with Crippen molar-refractivity contribution in [2.75, 3.05) is 44.4 Å². The van der Waals surface area contributed by atoms with E-state index in [1.54, 1.807) is 23.6 Å². The van der Waals surface area contributed by atoms with Gasteiger partial charge in [0.25, 0.3) is 5.91 Å². The van der Waals surface area contributed by atoms with Gasteiger partial charge in [-0.1, -0.05) is 12.1 Å². The third kappa shape index (κ3) is 4.03. The molecule has 0 aliphatic carbocycles. The number of anilines is 1. The van der Waals surface area contributed by atoms with Crippen molar-refractivity contribution >= 4 is 23.4 Å². The van der Waals surface area contributed by atoms with Crippen molar-refractivity contribution in [3.63, 3.8) is 0 Å². The van der Waals surface area contributed by atoms with Gasteiger partial charge in [0, 0.05) is 31.1 Å². The van der Waals surface area contributed by atoms with Gasteiger partial charge in [-0.15, -0.1) is 11.8 Å². The highest BCUT2D eigenvalue weighted by atomic mass is 32.2. The van der Waals surface area contributed by atoms with Gasteiger partial charge in [0.1, 0.15) is 11.4 Å². The molecule has 0 saturated carbocycles. The molecule has 6 nitrogen and oxygen atoms in total. The molecule has 7 heteroatoms. The van der Waals surface area contributed by atoms with E-state index < -0.39 is 0 Å². The number of methoxy groups -OCH3 is 1. The summed E-state index contributed by atoms with van der Waals surface area (Å²) in [7, 11) is 1.64. The van der Waals surface area contributed by atoms with Crippen LogP contribution in [-0.4, -0.2) is 60.1 Å². The second-order valence-electron chi connectivity index (χ2n) is 7.23. The average molecular weight is 423 g/mol. The third-order valence-electron chi connectivity index (χ3n) is 5.36. The number of aryl methyl sites for hydroxylation is 1. The van der Waals surface area contributed by atoms with Crippen LogP contribution in [0.25, 0.3) is 5.69 Å². The number of carbonyl (C=O) groups excluding carboxylic acids is 1. The monoisotopic (exact) mass is 422 g/mol. The summed E-state index contributed by atoms with van der Waals surface area (Å²) in [6.07, 6.45) is 2.10. The lowest BCUT2D eigenvalue weighted by atomic mass is 10.2. The number of piperazine rings is 1. The second-order valence-corrected chi connectivity index (χ2v) is 8.08. The molecule has 1 fully saturated rings. The Bertz CT molecular complexity index is 1020. The molecule has 1 saturated heterocycles. The van der Waals surface area contributed by atoms with Gasteiger partial charge in [-0.2, -0.15) is 5.10 Å². The van der Waals surface area contributed by atoms with Crippen molar-refractivity contribution in [1.82, 2.24) is 14.7 Å². The molecule has 156 valence electrons. The number of aromatic nitrogens is 2. The fraction of sp³-hybridized carbons (Fsp3) is 0.304. The summed E-state index contributed by atoms with van der Waals surface area (Å²) in [5.41, 5.74) is 3.51. The van der Waals surface area contributed by atoms with E-state index in [0.29, 0.717) is 18.8 Å². The molecule has 1 aliphatic heterocycles. The maximum absolute atomic E-state index is 13.3. The highest BCUT2D eigenvalue weighted by Crippen LogP contribution is 2.29. The smallest absolute Gasteiger partial charge is 0.272 e. The van der Waals surface area contributed by atoms with Crippen molar-refractivity contribution in [1.29, 1.82) is 0 Å². The maximum Gasteiger partial charge on any atom is 0.272 e. The minimum Gasteiger partial charge on any atom is -0.497 e. The molecule has 1 aliphatic rings. The number of thioether (sulfide) groups is 1. The number of ether oxygens (including phenoxy) is 1. The van der Waals surface area contributed by atoms with Crippen molar-refractivity contribution < 1.29 is 9.53 Å².